The number of methoxy groups -OCH3 is 1. The van der Waals surface area contributed by atoms with Gasteiger partial charge in [-0.2, -0.15) is 0 Å². The molecule has 108 valence electrons. The van der Waals surface area contributed by atoms with Crippen LogP contribution in [0, 0.1) is 0 Å². The average Bonchev–Trinajstić information content (AvgIpc) is 2.46. The van der Waals surface area contributed by atoms with Gasteiger partial charge in [-0.25, -0.2) is 0 Å². The Labute approximate surface area is 116 Å². The van der Waals surface area contributed by atoms with Gasteiger partial charge in [-0.05, 0) is 31.4 Å². The molecule has 19 heavy (non-hydrogen) atoms. The third-order valence-electron chi connectivity index (χ3n) is 3.67. The van der Waals surface area contributed by atoms with E-state index >= 15 is 0 Å². The second kappa shape index (κ2) is 7.36. The van der Waals surface area contributed by atoms with Crippen LogP contribution in [0.1, 0.15) is 26.2 Å². The molecule has 4 heteroatoms. The number of nitrogens with two attached hydrogens (primary N) is 1. The number of para-hydroxylation sites is 2. The van der Waals surface area contributed by atoms with Gasteiger partial charge in [0.25, 0.3) is 0 Å². The van der Waals surface area contributed by atoms with Crippen molar-refractivity contribution in [3.8, 4) is 5.75 Å². The Morgan fingerprint density at radius 2 is 2.05 bits per heavy atom. The highest BCUT2D eigenvalue weighted by Crippen LogP contribution is 2.27. The van der Waals surface area contributed by atoms with Crippen molar-refractivity contribution in [2.24, 2.45) is 5.73 Å². The molecule has 1 atom stereocenters. The van der Waals surface area contributed by atoms with Crippen LogP contribution in [0.4, 0.5) is 5.69 Å². The summed E-state index contributed by atoms with van der Waals surface area (Å²) in [5.74, 6) is 0.870. The van der Waals surface area contributed by atoms with E-state index < -0.39 is 5.60 Å². The molecule has 3 N–H and O–H groups in total. The fourth-order valence-corrected chi connectivity index (χ4v) is 2.13. The van der Waals surface area contributed by atoms with Gasteiger partial charge >= 0.3 is 0 Å². The lowest BCUT2D eigenvalue weighted by Crippen LogP contribution is -2.37. The first-order valence-electron chi connectivity index (χ1n) is 6.83. The Hall–Kier alpha value is -1.26. The van der Waals surface area contributed by atoms with Crippen LogP contribution in [0.15, 0.2) is 24.3 Å². The highest BCUT2D eigenvalue weighted by molar-refractivity contribution is 5.57. The number of ether oxygens (including phenoxy) is 1. The largest absolute Gasteiger partial charge is 0.495 e. The van der Waals surface area contributed by atoms with Crippen LogP contribution < -0.4 is 15.4 Å². The minimum Gasteiger partial charge on any atom is -0.495 e. The van der Waals surface area contributed by atoms with Crippen LogP contribution >= 0.6 is 0 Å². The Bertz CT molecular complexity index is 378. The molecule has 0 aromatic heterocycles. The monoisotopic (exact) mass is 266 g/mol. The van der Waals surface area contributed by atoms with Crippen molar-refractivity contribution < 1.29 is 9.84 Å². The molecule has 0 amide bonds. The molecule has 1 aromatic carbocycles. The van der Waals surface area contributed by atoms with E-state index in [9.17, 15) is 5.11 Å². The summed E-state index contributed by atoms with van der Waals surface area (Å²) in [6.07, 6.45) is 2.32. The normalized spacial score (nSPS) is 13.9. The van der Waals surface area contributed by atoms with Crippen LogP contribution in [0.5, 0.6) is 5.75 Å². The van der Waals surface area contributed by atoms with E-state index in [0.717, 1.165) is 30.8 Å². The number of rotatable bonds is 8. The molecule has 0 saturated heterocycles. The van der Waals surface area contributed by atoms with Crippen molar-refractivity contribution in [3.63, 3.8) is 0 Å². The fraction of sp³-hybridized carbons (Fsp3) is 0.600. The van der Waals surface area contributed by atoms with Crippen LogP contribution in [0.3, 0.4) is 0 Å². The maximum atomic E-state index is 10.1. The Balaban J connectivity index is 2.54. The lowest BCUT2D eigenvalue weighted by molar-refractivity contribution is 0.0350. The summed E-state index contributed by atoms with van der Waals surface area (Å²) in [5, 5.41) is 10.1. The first-order chi connectivity index (χ1) is 9.06. The first kappa shape index (κ1) is 15.8. The summed E-state index contributed by atoms with van der Waals surface area (Å²) in [6.45, 7) is 3.15. The van der Waals surface area contributed by atoms with Gasteiger partial charge in [-0.3, -0.25) is 0 Å². The summed E-state index contributed by atoms with van der Waals surface area (Å²) in [4.78, 5) is 2.14. The van der Waals surface area contributed by atoms with Gasteiger partial charge in [-0.1, -0.05) is 19.1 Å². The number of hydrogen-bond donors (Lipinski definition) is 2. The summed E-state index contributed by atoms with van der Waals surface area (Å²) in [6, 6.07) is 7.94. The minimum absolute atomic E-state index is 0.321. The number of aliphatic hydroxyl groups is 1. The van der Waals surface area contributed by atoms with Crippen LogP contribution in [-0.2, 0) is 0 Å². The number of anilines is 1. The third kappa shape index (κ3) is 4.40. The molecule has 0 spiro atoms. The van der Waals surface area contributed by atoms with Crippen LogP contribution in [0.2, 0.25) is 0 Å². The quantitative estimate of drug-likeness (QED) is 0.755. The van der Waals surface area contributed by atoms with E-state index in [1.807, 2.05) is 38.2 Å². The summed E-state index contributed by atoms with van der Waals surface area (Å²) >= 11 is 0. The zero-order chi connectivity index (χ0) is 14.3. The van der Waals surface area contributed by atoms with Crippen LogP contribution in [0.25, 0.3) is 0 Å². The van der Waals surface area contributed by atoms with E-state index in [-0.39, 0.29) is 0 Å². The second-order valence-corrected chi connectivity index (χ2v) is 4.98. The topological polar surface area (TPSA) is 58.7 Å². The minimum atomic E-state index is -0.721. The highest BCUT2D eigenvalue weighted by Gasteiger charge is 2.22. The summed E-state index contributed by atoms with van der Waals surface area (Å²) < 4.78 is 5.35. The van der Waals surface area contributed by atoms with Gasteiger partial charge < -0.3 is 20.5 Å². The molecule has 1 rings (SSSR count). The summed E-state index contributed by atoms with van der Waals surface area (Å²) in [7, 11) is 3.71. The Morgan fingerprint density at radius 3 is 2.63 bits per heavy atom. The molecular weight excluding hydrogens is 240 g/mol. The highest BCUT2D eigenvalue weighted by atomic mass is 16.5. The molecule has 4 nitrogen and oxygen atoms in total. The van der Waals surface area contributed by atoms with Crippen molar-refractivity contribution in [2.75, 3.05) is 32.1 Å². The number of benzene rings is 1. The molecule has 0 radical (unpaired) electrons. The lowest BCUT2D eigenvalue weighted by atomic mass is 9.95. The van der Waals surface area contributed by atoms with E-state index in [4.69, 9.17) is 10.5 Å². The molecule has 1 unspecified atom stereocenters. The van der Waals surface area contributed by atoms with E-state index in [0.29, 0.717) is 13.0 Å². The van der Waals surface area contributed by atoms with E-state index in [2.05, 4.69) is 4.90 Å². The van der Waals surface area contributed by atoms with Gasteiger partial charge in [0.15, 0.2) is 0 Å². The van der Waals surface area contributed by atoms with E-state index in [1.165, 1.54) is 0 Å². The lowest BCUT2D eigenvalue weighted by Gasteiger charge is -2.27. The smallest absolute Gasteiger partial charge is 0.142 e. The predicted molar refractivity (Wildman–Crippen MR) is 79.8 cm³/mol. The van der Waals surface area contributed by atoms with Gasteiger partial charge in [0.1, 0.15) is 5.75 Å². The SMILES string of the molecule is CCC(O)(CN)CCCN(C)c1ccccc1OC. The number of hydrogen-bond acceptors (Lipinski definition) is 4. The third-order valence-corrected chi connectivity index (χ3v) is 3.67. The maximum absolute atomic E-state index is 10.1. The molecular formula is C15H26N2O2. The Kier molecular flexibility index (Phi) is 6.12. The van der Waals surface area contributed by atoms with Crippen LogP contribution in [-0.4, -0.2) is 38.0 Å². The van der Waals surface area contributed by atoms with Gasteiger partial charge in [0.2, 0.25) is 0 Å². The van der Waals surface area contributed by atoms with Crippen molar-refractivity contribution in [1.29, 1.82) is 0 Å². The zero-order valence-electron chi connectivity index (χ0n) is 12.2. The standard InChI is InChI=1S/C15H26N2O2/c1-4-15(18,12-16)10-7-11-17(2)13-8-5-6-9-14(13)19-3/h5-6,8-9,18H,4,7,10-12,16H2,1-3H3. The van der Waals surface area contributed by atoms with Crippen molar-refractivity contribution in [2.45, 2.75) is 31.8 Å². The molecule has 0 heterocycles. The molecule has 0 saturated carbocycles. The molecule has 0 aliphatic heterocycles. The number of nitrogens with zero attached hydrogens (tertiary/aromatic N) is 1. The van der Waals surface area contributed by atoms with Gasteiger partial charge in [0.05, 0.1) is 18.4 Å². The Morgan fingerprint density at radius 1 is 1.37 bits per heavy atom. The molecule has 0 bridgehead atoms. The summed E-state index contributed by atoms with van der Waals surface area (Å²) in [5.41, 5.74) is 5.95. The first-order valence-corrected chi connectivity index (χ1v) is 6.83. The average molecular weight is 266 g/mol. The molecule has 0 aliphatic carbocycles. The fourth-order valence-electron chi connectivity index (χ4n) is 2.13. The van der Waals surface area contributed by atoms with Gasteiger partial charge in [0, 0.05) is 20.1 Å². The van der Waals surface area contributed by atoms with Crippen molar-refractivity contribution in [1.82, 2.24) is 0 Å². The second-order valence-electron chi connectivity index (χ2n) is 4.98. The molecule has 0 fully saturated rings. The predicted octanol–water partition coefficient (Wildman–Crippen LogP) is 2.01. The molecule has 1 aromatic rings. The molecule has 0 aliphatic rings. The zero-order valence-corrected chi connectivity index (χ0v) is 12.2. The van der Waals surface area contributed by atoms with Crippen molar-refractivity contribution in [3.05, 3.63) is 24.3 Å². The van der Waals surface area contributed by atoms with Gasteiger partial charge in [-0.15, -0.1) is 0 Å². The maximum Gasteiger partial charge on any atom is 0.142 e. The van der Waals surface area contributed by atoms with E-state index in [1.54, 1.807) is 7.11 Å². The van der Waals surface area contributed by atoms with Crippen molar-refractivity contribution >= 4 is 5.69 Å².